The van der Waals surface area contributed by atoms with Crippen molar-refractivity contribution in [1.29, 1.82) is 0 Å². The molecule has 1 aromatic heterocycles. The highest BCUT2D eigenvalue weighted by Crippen LogP contribution is 2.23. The molecule has 0 amide bonds. The molecule has 0 radical (unpaired) electrons. The number of fused-ring (bicyclic) bond motifs is 1. The van der Waals surface area contributed by atoms with Crippen molar-refractivity contribution in [3.8, 4) is 0 Å². The lowest BCUT2D eigenvalue weighted by Gasteiger charge is -2.07. The van der Waals surface area contributed by atoms with Crippen LogP contribution in [0.3, 0.4) is 0 Å². The van der Waals surface area contributed by atoms with Gasteiger partial charge in [-0.3, -0.25) is 0 Å². The fourth-order valence-corrected chi connectivity index (χ4v) is 1.71. The van der Waals surface area contributed by atoms with Gasteiger partial charge in [-0.05, 0) is 17.5 Å². The van der Waals surface area contributed by atoms with Crippen molar-refractivity contribution in [2.24, 2.45) is 7.05 Å². The molecule has 0 saturated heterocycles. The Balaban J connectivity index is 2.62. The summed E-state index contributed by atoms with van der Waals surface area (Å²) in [6.07, 6.45) is -1.02. The lowest BCUT2D eigenvalue weighted by Crippen LogP contribution is -2.05. The molecule has 74 valence electrons. The molecule has 0 fully saturated rings. The maximum absolute atomic E-state index is 12.3. The molecule has 0 aliphatic carbocycles. The maximum atomic E-state index is 12.3. The van der Waals surface area contributed by atoms with E-state index in [1.165, 1.54) is 0 Å². The summed E-state index contributed by atoms with van der Waals surface area (Å²) < 4.78 is 14.1. The third-order valence-electron chi connectivity index (χ3n) is 2.48. The smallest absolute Gasteiger partial charge is 0.122 e. The van der Waals surface area contributed by atoms with Gasteiger partial charge in [0.15, 0.2) is 0 Å². The number of halogens is 1. The Labute approximate surface area is 81.6 Å². The molecule has 0 aliphatic heterocycles. The summed E-state index contributed by atoms with van der Waals surface area (Å²) in [7, 11) is 1.83. The molecule has 0 spiro atoms. The van der Waals surface area contributed by atoms with Crippen LogP contribution in [0.2, 0.25) is 0 Å². The highest BCUT2D eigenvalue weighted by Gasteiger charge is 2.12. The number of hydrogen-bond acceptors (Lipinski definition) is 1. The van der Waals surface area contributed by atoms with E-state index in [0.717, 1.165) is 10.9 Å². The monoisotopic (exact) mass is 193 g/mol. The normalized spacial score (nSPS) is 13.4. The second kappa shape index (κ2) is 3.42. The number of benzene rings is 1. The Bertz CT molecular complexity index is 449. The zero-order valence-electron chi connectivity index (χ0n) is 7.94. The number of aryl methyl sites for hydroxylation is 1. The molecule has 0 aliphatic rings. The quantitative estimate of drug-likeness (QED) is 0.777. The second-order valence-corrected chi connectivity index (χ2v) is 3.36. The van der Waals surface area contributed by atoms with Gasteiger partial charge in [-0.25, -0.2) is 4.39 Å². The number of para-hydroxylation sites is 1. The van der Waals surface area contributed by atoms with Crippen molar-refractivity contribution in [2.45, 2.75) is 6.10 Å². The number of nitrogens with zero attached hydrogens (tertiary/aromatic N) is 1. The molecular formula is C11H12FNO. The van der Waals surface area contributed by atoms with E-state index < -0.39 is 12.8 Å². The molecule has 2 nitrogen and oxygen atoms in total. The van der Waals surface area contributed by atoms with Crippen molar-refractivity contribution < 1.29 is 9.50 Å². The zero-order chi connectivity index (χ0) is 10.1. The lowest BCUT2D eigenvalue weighted by molar-refractivity contribution is 0.135. The highest BCUT2D eigenvalue weighted by molar-refractivity contribution is 5.81. The molecule has 2 rings (SSSR count). The van der Waals surface area contributed by atoms with E-state index in [1.54, 1.807) is 0 Å². The van der Waals surface area contributed by atoms with Crippen LogP contribution in [0.25, 0.3) is 10.9 Å². The third-order valence-corrected chi connectivity index (χ3v) is 2.48. The summed E-state index contributed by atoms with van der Waals surface area (Å²) >= 11 is 0. The predicted molar refractivity (Wildman–Crippen MR) is 53.9 cm³/mol. The van der Waals surface area contributed by atoms with E-state index >= 15 is 0 Å². The number of rotatable bonds is 2. The van der Waals surface area contributed by atoms with E-state index in [4.69, 9.17) is 0 Å². The minimum absolute atomic E-state index is 0.619. The molecule has 0 bridgehead atoms. The first-order valence-electron chi connectivity index (χ1n) is 4.52. The lowest BCUT2D eigenvalue weighted by atomic mass is 10.2. The molecular weight excluding hydrogens is 181 g/mol. The van der Waals surface area contributed by atoms with E-state index in [-0.39, 0.29) is 0 Å². The number of aliphatic hydroxyl groups excluding tert-OH is 1. The van der Waals surface area contributed by atoms with Gasteiger partial charge < -0.3 is 9.67 Å². The summed E-state index contributed by atoms with van der Waals surface area (Å²) in [5, 5.41) is 10.4. The van der Waals surface area contributed by atoms with Crippen molar-refractivity contribution in [1.82, 2.24) is 4.57 Å². The van der Waals surface area contributed by atoms with Gasteiger partial charge in [-0.15, -0.1) is 0 Å². The molecule has 1 unspecified atom stereocenters. The number of hydrogen-bond donors (Lipinski definition) is 1. The van der Waals surface area contributed by atoms with Crippen LogP contribution in [0.5, 0.6) is 0 Å². The number of alkyl halides is 1. The average Bonchev–Trinajstić information content (AvgIpc) is 2.56. The molecule has 1 N–H and O–H groups in total. The largest absolute Gasteiger partial charge is 0.384 e. The third kappa shape index (κ3) is 1.30. The van der Waals surface area contributed by atoms with E-state index in [1.807, 2.05) is 41.9 Å². The summed E-state index contributed by atoms with van der Waals surface area (Å²) in [5.41, 5.74) is 1.63. The van der Waals surface area contributed by atoms with Gasteiger partial charge in [-0.2, -0.15) is 0 Å². The topological polar surface area (TPSA) is 25.2 Å². The molecule has 2 aromatic rings. The van der Waals surface area contributed by atoms with E-state index in [0.29, 0.717) is 5.69 Å². The average molecular weight is 193 g/mol. The van der Waals surface area contributed by atoms with E-state index in [9.17, 15) is 9.50 Å². The van der Waals surface area contributed by atoms with Crippen LogP contribution in [-0.2, 0) is 7.05 Å². The Hall–Kier alpha value is -1.35. The van der Waals surface area contributed by atoms with Gasteiger partial charge in [0.1, 0.15) is 12.8 Å². The molecule has 0 saturated carbocycles. The highest BCUT2D eigenvalue weighted by atomic mass is 19.1. The van der Waals surface area contributed by atoms with Gasteiger partial charge in [0.2, 0.25) is 0 Å². The molecule has 3 heteroatoms. The summed E-state index contributed by atoms with van der Waals surface area (Å²) in [5.74, 6) is 0. The molecule has 1 atom stereocenters. The zero-order valence-corrected chi connectivity index (χ0v) is 7.94. The van der Waals surface area contributed by atoms with Gasteiger partial charge in [-0.1, -0.05) is 18.2 Å². The summed E-state index contributed by atoms with van der Waals surface area (Å²) in [6, 6.07) is 9.56. The molecule has 1 heterocycles. The van der Waals surface area contributed by atoms with Crippen LogP contribution in [0.15, 0.2) is 30.3 Å². The second-order valence-electron chi connectivity index (χ2n) is 3.36. The summed E-state index contributed by atoms with van der Waals surface area (Å²) in [4.78, 5) is 0. The van der Waals surface area contributed by atoms with Gasteiger partial charge in [0, 0.05) is 18.3 Å². The first-order chi connectivity index (χ1) is 6.74. The predicted octanol–water partition coefficient (Wildman–Crippen LogP) is 2.18. The van der Waals surface area contributed by atoms with Crippen molar-refractivity contribution in [2.75, 3.05) is 6.67 Å². The Morgan fingerprint density at radius 1 is 1.43 bits per heavy atom. The Morgan fingerprint density at radius 2 is 2.14 bits per heavy atom. The van der Waals surface area contributed by atoms with Crippen molar-refractivity contribution in [3.05, 3.63) is 36.0 Å². The standard InChI is InChI=1S/C11H12FNO/c1-13-9-5-3-2-4-8(9)6-10(13)11(14)7-12/h2-6,11,14H,7H2,1H3. The van der Waals surface area contributed by atoms with Crippen LogP contribution >= 0.6 is 0 Å². The van der Waals surface area contributed by atoms with Crippen LogP contribution in [0.1, 0.15) is 11.8 Å². The SMILES string of the molecule is Cn1c(C(O)CF)cc2ccccc21. The van der Waals surface area contributed by atoms with Gasteiger partial charge >= 0.3 is 0 Å². The molecule has 1 aromatic carbocycles. The fraction of sp³-hybridized carbons (Fsp3) is 0.273. The summed E-state index contributed by atoms with van der Waals surface area (Å²) in [6.45, 7) is -0.746. The van der Waals surface area contributed by atoms with Gasteiger partial charge in [0.05, 0.1) is 0 Å². The first-order valence-corrected chi connectivity index (χ1v) is 4.52. The van der Waals surface area contributed by atoms with Gasteiger partial charge in [0.25, 0.3) is 0 Å². The number of aromatic nitrogens is 1. The maximum Gasteiger partial charge on any atom is 0.122 e. The minimum Gasteiger partial charge on any atom is -0.384 e. The molecule has 14 heavy (non-hydrogen) atoms. The minimum atomic E-state index is -1.02. The Kier molecular flexibility index (Phi) is 2.25. The fourth-order valence-electron chi connectivity index (χ4n) is 1.71. The Morgan fingerprint density at radius 3 is 2.79 bits per heavy atom. The van der Waals surface area contributed by atoms with Crippen LogP contribution in [0.4, 0.5) is 4.39 Å². The van der Waals surface area contributed by atoms with Crippen LogP contribution in [0, 0.1) is 0 Å². The number of aliphatic hydroxyl groups is 1. The van der Waals surface area contributed by atoms with Crippen LogP contribution in [-0.4, -0.2) is 16.3 Å². The van der Waals surface area contributed by atoms with Crippen LogP contribution < -0.4 is 0 Å². The van der Waals surface area contributed by atoms with Crippen molar-refractivity contribution >= 4 is 10.9 Å². The van der Waals surface area contributed by atoms with E-state index in [2.05, 4.69) is 0 Å². The van der Waals surface area contributed by atoms with Crippen molar-refractivity contribution in [3.63, 3.8) is 0 Å². The first kappa shape index (κ1) is 9.21.